The number of benzene rings is 1. The molecule has 0 amide bonds. The molecule has 0 radical (unpaired) electrons. The van der Waals surface area contributed by atoms with E-state index in [2.05, 4.69) is 0 Å². The Morgan fingerprint density at radius 1 is 1.21 bits per heavy atom. The van der Waals surface area contributed by atoms with E-state index in [1.165, 1.54) is 0 Å². The van der Waals surface area contributed by atoms with Gasteiger partial charge in [-0.25, -0.2) is 0 Å². The summed E-state index contributed by atoms with van der Waals surface area (Å²) in [6.07, 6.45) is 0. The van der Waals surface area contributed by atoms with E-state index in [0.717, 1.165) is 11.3 Å². The van der Waals surface area contributed by atoms with Crippen LogP contribution in [0.4, 0.5) is 0 Å². The fourth-order valence-electron chi connectivity index (χ4n) is 1.06. The molecule has 0 saturated carbocycles. The van der Waals surface area contributed by atoms with E-state index in [9.17, 15) is 0 Å². The van der Waals surface area contributed by atoms with Crippen LogP contribution in [0, 0.1) is 6.92 Å². The molecule has 0 atom stereocenters. The Labute approximate surface area is 85.5 Å². The lowest BCUT2D eigenvalue weighted by molar-refractivity contribution is 0.413. The van der Waals surface area contributed by atoms with Crippen LogP contribution in [0.15, 0.2) is 18.2 Å². The van der Waals surface area contributed by atoms with Crippen molar-refractivity contribution in [3.8, 4) is 5.75 Å². The zero-order valence-corrected chi connectivity index (χ0v) is 9.11. The van der Waals surface area contributed by atoms with Crippen LogP contribution >= 0.6 is 0 Å². The van der Waals surface area contributed by atoms with Crippen molar-refractivity contribution in [3.05, 3.63) is 23.8 Å². The van der Waals surface area contributed by atoms with Gasteiger partial charge in [-0.15, -0.1) is 0 Å². The van der Waals surface area contributed by atoms with Gasteiger partial charge in [0.1, 0.15) is 5.75 Å². The predicted octanol–water partition coefficient (Wildman–Crippen LogP) is 0.710. The first-order valence-corrected chi connectivity index (χ1v) is 4.66. The van der Waals surface area contributed by atoms with Crippen molar-refractivity contribution < 1.29 is 14.8 Å². The molecule has 1 aromatic rings. The SMILES string of the molecule is CC.COc1ccc(B(O)O)c(C)c1. The van der Waals surface area contributed by atoms with Crippen LogP contribution in [-0.2, 0) is 0 Å². The minimum Gasteiger partial charge on any atom is -0.497 e. The lowest BCUT2D eigenvalue weighted by atomic mass is 9.77. The molecule has 0 aliphatic carbocycles. The normalized spacial score (nSPS) is 8.71. The van der Waals surface area contributed by atoms with Crippen LogP contribution in [0.3, 0.4) is 0 Å². The first kappa shape index (κ1) is 13.0. The van der Waals surface area contributed by atoms with Gasteiger partial charge in [-0.1, -0.05) is 19.9 Å². The zero-order valence-electron chi connectivity index (χ0n) is 9.11. The van der Waals surface area contributed by atoms with Gasteiger partial charge in [-0.2, -0.15) is 0 Å². The molecule has 0 aliphatic rings. The summed E-state index contributed by atoms with van der Waals surface area (Å²) in [6, 6.07) is 5.09. The molecule has 0 heterocycles. The third-order valence-electron chi connectivity index (χ3n) is 1.76. The number of ether oxygens (including phenoxy) is 1. The zero-order chi connectivity index (χ0) is 11.1. The van der Waals surface area contributed by atoms with Crippen LogP contribution in [0.2, 0.25) is 0 Å². The van der Waals surface area contributed by atoms with Crippen LogP contribution in [0.5, 0.6) is 5.75 Å². The number of hydrogen-bond donors (Lipinski definition) is 2. The maximum Gasteiger partial charge on any atom is 0.488 e. The van der Waals surface area contributed by atoms with Crippen LogP contribution in [-0.4, -0.2) is 24.3 Å². The summed E-state index contributed by atoms with van der Waals surface area (Å²) in [7, 11) is 0.167. The Morgan fingerprint density at radius 2 is 1.79 bits per heavy atom. The summed E-state index contributed by atoms with van der Waals surface area (Å²) in [6.45, 7) is 5.80. The molecule has 0 aromatic heterocycles. The van der Waals surface area contributed by atoms with E-state index >= 15 is 0 Å². The molecule has 0 unspecified atom stereocenters. The molecule has 3 nitrogen and oxygen atoms in total. The third-order valence-corrected chi connectivity index (χ3v) is 1.76. The largest absolute Gasteiger partial charge is 0.497 e. The summed E-state index contributed by atoms with van der Waals surface area (Å²) in [5.74, 6) is 0.719. The van der Waals surface area contributed by atoms with Gasteiger partial charge in [-0.3, -0.25) is 0 Å². The minimum absolute atomic E-state index is 0.510. The Balaban J connectivity index is 0.000000791. The lowest BCUT2D eigenvalue weighted by Gasteiger charge is -2.06. The Morgan fingerprint density at radius 3 is 2.14 bits per heavy atom. The molecule has 14 heavy (non-hydrogen) atoms. The Kier molecular flexibility index (Phi) is 6.00. The highest BCUT2D eigenvalue weighted by molar-refractivity contribution is 6.59. The molecule has 78 valence electrons. The highest BCUT2D eigenvalue weighted by Gasteiger charge is 2.13. The number of aryl methyl sites for hydroxylation is 1. The van der Waals surface area contributed by atoms with Gasteiger partial charge in [0.05, 0.1) is 7.11 Å². The van der Waals surface area contributed by atoms with E-state index in [4.69, 9.17) is 14.8 Å². The van der Waals surface area contributed by atoms with Crippen molar-refractivity contribution >= 4 is 12.6 Å². The molecular formula is C10H17BO3. The summed E-state index contributed by atoms with van der Waals surface area (Å²) in [5, 5.41) is 17.8. The van der Waals surface area contributed by atoms with E-state index in [1.807, 2.05) is 13.8 Å². The van der Waals surface area contributed by atoms with Crippen LogP contribution in [0.1, 0.15) is 19.4 Å². The predicted molar refractivity (Wildman–Crippen MR) is 58.9 cm³/mol. The van der Waals surface area contributed by atoms with Gasteiger partial charge in [0, 0.05) is 0 Å². The monoisotopic (exact) mass is 196 g/mol. The molecule has 0 aliphatic heterocycles. The highest BCUT2D eigenvalue weighted by atomic mass is 16.5. The van der Waals surface area contributed by atoms with Gasteiger partial charge >= 0.3 is 7.12 Å². The molecule has 0 saturated heterocycles. The second-order valence-corrected chi connectivity index (χ2v) is 2.60. The molecule has 2 N–H and O–H groups in total. The first-order valence-electron chi connectivity index (χ1n) is 4.66. The molecule has 1 rings (SSSR count). The molecule has 1 aromatic carbocycles. The molecule has 0 spiro atoms. The second kappa shape index (κ2) is 6.46. The average molecular weight is 196 g/mol. The van der Waals surface area contributed by atoms with Crippen molar-refractivity contribution in [2.24, 2.45) is 0 Å². The minimum atomic E-state index is -1.41. The van der Waals surface area contributed by atoms with Crippen molar-refractivity contribution in [3.63, 3.8) is 0 Å². The number of methoxy groups -OCH3 is 1. The van der Waals surface area contributed by atoms with Crippen LogP contribution in [0.25, 0.3) is 0 Å². The fraction of sp³-hybridized carbons (Fsp3) is 0.400. The van der Waals surface area contributed by atoms with Crippen molar-refractivity contribution in [2.75, 3.05) is 7.11 Å². The van der Waals surface area contributed by atoms with Gasteiger partial charge < -0.3 is 14.8 Å². The van der Waals surface area contributed by atoms with Crippen molar-refractivity contribution in [2.45, 2.75) is 20.8 Å². The van der Waals surface area contributed by atoms with Crippen LogP contribution < -0.4 is 10.2 Å². The number of rotatable bonds is 2. The van der Waals surface area contributed by atoms with Crippen molar-refractivity contribution in [1.82, 2.24) is 0 Å². The van der Waals surface area contributed by atoms with E-state index in [-0.39, 0.29) is 0 Å². The molecule has 4 heteroatoms. The van der Waals surface area contributed by atoms with Gasteiger partial charge in [-0.05, 0) is 30.1 Å². The molecule has 0 bridgehead atoms. The lowest BCUT2D eigenvalue weighted by Crippen LogP contribution is -2.31. The highest BCUT2D eigenvalue weighted by Crippen LogP contribution is 2.09. The van der Waals surface area contributed by atoms with Gasteiger partial charge in [0.2, 0.25) is 0 Å². The fourth-order valence-corrected chi connectivity index (χ4v) is 1.06. The van der Waals surface area contributed by atoms with Crippen molar-refractivity contribution in [1.29, 1.82) is 0 Å². The Hall–Kier alpha value is -0.995. The average Bonchev–Trinajstić information content (AvgIpc) is 2.20. The summed E-state index contributed by atoms with van der Waals surface area (Å²) in [5.41, 5.74) is 1.32. The molecule has 0 fully saturated rings. The van der Waals surface area contributed by atoms with E-state index in [1.54, 1.807) is 32.2 Å². The summed E-state index contributed by atoms with van der Waals surface area (Å²) in [4.78, 5) is 0. The summed E-state index contributed by atoms with van der Waals surface area (Å²) >= 11 is 0. The Bertz CT molecular complexity index is 274. The molecular weight excluding hydrogens is 179 g/mol. The standard InChI is InChI=1S/C8H11BO3.C2H6/c1-6-5-7(12-2)3-4-8(6)9(10)11;1-2/h3-5,10-11H,1-2H3;1-2H3. The quantitative estimate of drug-likeness (QED) is 0.685. The second-order valence-electron chi connectivity index (χ2n) is 2.60. The topological polar surface area (TPSA) is 49.7 Å². The summed E-state index contributed by atoms with van der Waals surface area (Å²) < 4.78 is 4.97. The van der Waals surface area contributed by atoms with Gasteiger partial charge in [0.15, 0.2) is 0 Å². The maximum atomic E-state index is 8.88. The van der Waals surface area contributed by atoms with Gasteiger partial charge in [0.25, 0.3) is 0 Å². The maximum absolute atomic E-state index is 8.88. The van der Waals surface area contributed by atoms with E-state index in [0.29, 0.717) is 5.46 Å². The third kappa shape index (κ3) is 3.40. The number of hydrogen-bond acceptors (Lipinski definition) is 3. The smallest absolute Gasteiger partial charge is 0.488 e. The van der Waals surface area contributed by atoms with E-state index < -0.39 is 7.12 Å². The first-order chi connectivity index (χ1) is 6.65.